The van der Waals surface area contributed by atoms with E-state index in [1.165, 1.54) is 6.42 Å². The summed E-state index contributed by atoms with van der Waals surface area (Å²) in [6.07, 6.45) is 5.43. The van der Waals surface area contributed by atoms with Crippen LogP contribution in [-0.2, 0) is 0 Å². The third kappa shape index (κ3) is 6.48. The first kappa shape index (κ1) is 22.7. The van der Waals surface area contributed by atoms with Gasteiger partial charge in [-0.3, -0.25) is 4.79 Å². The van der Waals surface area contributed by atoms with Crippen LogP contribution in [0.15, 0.2) is 48.5 Å². The molecule has 2 aromatic rings. The summed E-state index contributed by atoms with van der Waals surface area (Å²) >= 11 is 0. The van der Waals surface area contributed by atoms with Crippen molar-refractivity contribution in [3.05, 3.63) is 59.7 Å². The Balaban J connectivity index is 1.79. The van der Waals surface area contributed by atoms with E-state index in [1.54, 1.807) is 6.07 Å². The molecular weight excluding hydrogens is 388 g/mol. The SMILES string of the molecule is CCCCNC(=O)Nc1ccc(N2CCCCC2)c(C(=O)N[C@@H](C)c2ccccc2)c1. The van der Waals surface area contributed by atoms with Crippen LogP contribution in [0.2, 0.25) is 0 Å². The Morgan fingerprint density at radius 1 is 1.03 bits per heavy atom. The van der Waals surface area contributed by atoms with Crippen molar-refractivity contribution in [3.63, 3.8) is 0 Å². The van der Waals surface area contributed by atoms with Crippen LogP contribution in [-0.4, -0.2) is 31.6 Å². The smallest absolute Gasteiger partial charge is 0.319 e. The molecule has 2 aromatic carbocycles. The lowest BCUT2D eigenvalue weighted by atomic mass is 10.0. The number of carbonyl (C=O) groups is 2. The van der Waals surface area contributed by atoms with Gasteiger partial charge in [0.2, 0.25) is 0 Å². The molecule has 0 radical (unpaired) electrons. The van der Waals surface area contributed by atoms with Gasteiger partial charge in [-0.2, -0.15) is 0 Å². The van der Waals surface area contributed by atoms with E-state index in [0.717, 1.165) is 50.0 Å². The third-order valence-electron chi connectivity index (χ3n) is 5.66. The van der Waals surface area contributed by atoms with Crippen molar-refractivity contribution in [1.29, 1.82) is 0 Å². The Hall–Kier alpha value is -3.02. The van der Waals surface area contributed by atoms with E-state index in [2.05, 4.69) is 27.8 Å². The first-order valence-electron chi connectivity index (χ1n) is 11.4. The minimum Gasteiger partial charge on any atom is -0.371 e. The lowest BCUT2D eigenvalue weighted by Gasteiger charge is -2.31. The molecule has 0 spiro atoms. The number of nitrogens with one attached hydrogen (secondary N) is 3. The molecule has 6 heteroatoms. The van der Waals surface area contributed by atoms with Gasteiger partial charge in [0, 0.05) is 31.0 Å². The van der Waals surface area contributed by atoms with E-state index in [-0.39, 0.29) is 18.0 Å². The summed E-state index contributed by atoms with van der Waals surface area (Å²) < 4.78 is 0. The van der Waals surface area contributed by atoms with Crippen LogP contribution in [0.25, 0.3) is 0 Å². The van der Waals surface area contributed by atoms with E-state index in [1.807, 2.05) is 49.4 Å². The number of rotatable bonds is 8. The Bertz CT molecular complexity index is 863. The molecule has 0 aromatic heterocycles. The predicted molar refractivity (Wildman–Crippen MR) is 127 cm³/mol. The van der Waals surface area contributed by atoms with E-state index >= 15 is 0 Å². The predicted octanol–water partition coefficient (Wildman–Crippen LogP) is 5.09. The lowest BCUT2D eigenvalue weighted by molar-refractivity contribution is 0.0940. The molecule has 0 aliphatic carbocycles. The summed E-state index contributed by atoms with van der Waals surface area (Å²) in [6.45, 7) is 6.59. The Morgan fingerprint density at radius 3 is 2.48 bits per heavy atom. The number of urea groups is 1. The highest BCUT2D eigenvalue weighted by Gasteiger charge is 2.21. The van der Waals surface area contributed by atoms with E-state index in [4.69, 9.17) is 0 Å². The molecule has 3 rings (SSSR count). The maximum Gasteiger partial charge on any atom is 0.319 e. The Kier molecular flexibility index (Phi) is 8.33. The number of hydrogen-bond donors (Lipinski definition) is 3. The molecule has 1 aliphatic rings. The molecule has 3 N–H and O–H groups in total. The van der Waals surface area contributed by atoms with Crippen molar-refractivity contribution in [1.82, 2.24) is 10.6 Å². The fourth-order valence-electron chi connectivity index (χ4n) is 3.86. The van der Waals surface area contributed by atoms with Crippen molar-refractivity contribution in [2.24, 2.45) is 0 Å². The van der Waals surface area contributed by atoms with Crippen LogP contribution in [0.1, 0.15) is 67.9 Å². The van der Waals surface area contributed by atoms with Gasteiger partial charge in [-0.1, -0.05) is 43.7 Å². The molecule has 1 heterocycles. The Morgan fingerprint density at radius 2 is 1.77 bits per heavy atom. The zero-order valence-electron chi connectivity index (χ0n) is 18.6. The molecule has 0 saturated carbocycles. The summed E-state index contributed by atoms with van der Waals surface area (Å²) in [5.41, 5.74) is 3.19. The van der Waals surface area contributed by atoms with Gasteiger partial charge < -0.3 is 20.9 Å². The summed E-state index contributed by atoms with van der Waals surface area (Å²) in [5.74, 6) is -0.132. The van der Waals surface area contributed by atoms with E-state index < -0.39 is 0 Å². The fourth-order valence-corrected chi connectivity index (χ4v) is 3.86. The molecule has 6 nitrogen and oxygen atoms in total. The van der Waals surface area contributed by atoms with Crippen LogP contribution < -0.4 is 20.9 Å². The van der Waals surface area contributed by atoms with Gasteiger partial charge >= 0.3 is 6.03 Å². The molecule has 166 valence electrons. The van der Waals surface area contributed by atoms with Gasteiger partial charge in [0.05, 0.1) is 11.6 Å². The second-order valence-corrected chi connectivity index (χ2v) is 8.12. The quantitative estimate of drug-likeness (QED) is 0.519. The van der Waals surface area contributed by atoms with Gasteiger partial charge in [-0.05, 0) is 56.4 Å². The summed E-state index contributed by atoms with van der Waals surface area (Å²) in [4.78, 5) is 27.7. The second-order valence-electron chi connectivity index (χ2n) is 8.12. The number of amides is 3. The molecule has 3 amide bonds. The number of unbranched alkanes of at least 4 members (excludes halogenated alkanes) is 1. The highest BCUT2D eigenvalue weighted by Crippen LogP contribution is 2.28. The van der Waals surface area contributed by atoms with Crippen LogP contribution >= 0.6 is 0 Å². The molecule has 1 fully saturated rings. The number of carbonyl (C=O) groups excluding carboxylic acids is 2. The van der Waals surface area contributed by atoms with Crippen molar-refractivity contribution >= 4 is 23.3 Å². The van der Waals surface area contributed by atoms with E-state index in [9.17, 15) is 9.59 Å². The van der Waals surface area contributed by atoms with Crippen molar-refractivity contribution < 1.29 is 9.59 Å². The number of anilines is 2. The molecule has 1 aliphatic heterocycles. The average molecular weight is 423 g/mol. The van der Waals surface area contributed by atoms with Crippen molar-refractivity contribution in [2.45, 2.75) is 52.0 Å². The first-order chi connectivity index (χ1) is 15.1. The summed E-state index contributed by atoms with van der Waals surface area (Å²) in [6, 6.07) is 15.2. The van der Waals surface area contributed by atoms with Gasteiger partial charge in [0.1, 0.15) is 0 Å². The maximum atomic E-state index is 13.3. The largest absolute Gasteiger partial charge is 0.371 e. The summed E-state index contributed by atoms with van der Waals surface area (Å²) in [5, 5.41) is 8.83. The monoisotopic (exact) mass is 422 g/mol. The third-order valence-corrected chi connectivity index (χ3v) is 5.66. The highest BCUT2D eigenvalue weighted by atomic mass is 16.2. The molecule has 0 bridgehead atoms. The zero-order chi connectivity index (χ0) is 22.1. The van der Waals surface area contributed by atoms with Crippen LogP contribution in [0.3, 0.4) is 0 Å². The normalized spacial score (nSPS) is 14.6. The van der Waals surface area contributed by atoms with Crippen LogP contribution in [0.4, 0.5) is 16.2 Å². The number of nitrogens with zero attached hydrogens (tertiary/aromatic N) is 1. The van der Waals surface area contributed by atoms with Crippen molar-refractivity contribution in [2.75, 3.05) is 29.9 Å². The van der Waals surface area contributed by atoms with Gasteiger partial charge in [0.25, 0.3) is 5.91 Å². The topological polar surface area (TPSA) is 73.5 Å². The van der Waals surface area contributed by atoms with Gasteiger partial charge in [-0.15, -0.1) is 0 Å². The van der Waals surface area contributed by atoms with Gasteiger partial charge in [0.15, 0.2) is 0 Å². The minimum absolute atomic E-state index is 0.114. The number of hydrogen-bond acceptors (Lipinski definition) is 3. The second kappa shape index (κ2) is 11.4. The maximum absolute atomic E-state index is 13.3. The molecular formula is C25H34N4O2. The molecule has 31 heavy (non-hydrogen) atoms. The fraction of sp³-hybridized carbons (Fsp3) is 0.440. The molecule has 0 unspecified atom stereocenters. The Labute approximate surface area is 185 Å². The summed E-state index contributed by atoms with van der Waals surface area (Å²) in [7, 11) is 0. The van der Waals surface area contributed by atoms with Gasteiger partial charge in [-0.25, -0.2) is 4.79 Å². The zero-order valence-corrected chi connectivity index (χ0v) is 18.6. The number of piperidine rings is 1. The van der Waals surface area contributed by atoms with Crippen molar-refractivity contribution in [3.8, 4) is 0 Å². The molecule has 1 atom stereocenters. The van der Waals surface area contributed by atoms with Crippen LogP contribution in [0.5, 0.6) is 0 Å². The standard InChI is InChI=1S/C25H34N4O2/c1-3-4-15-26-25(31)28-21-13-14-23(29-16-9-6-10-17-29)22(18-21)24(30)27-19(2)20-11-7-5-8-12-20/h5,7-8,11-14,18-19H,3-4,6,9-10,15-17H2,1-2H3,(H,27,30)(H2,26,28,31)/t19-/m0/s1. The highest BCUT2D eigenvalue weighted by molar-refractivity contribution is 6.02. The lowest BCUT2D eigenvalue weighted by Crippen LogP contribution is -2.34. The van der Waals surface area contributed by atoms with Crippen LogP contribution in [0, 0.1) is 0 Å². The number of benzene rings is 2. The first-order valence-corrected chi connectivity index (χ1v) is 11.4. The minimum atomic E-state index is -0.247. The van der Waals surface area contributed by atoms with E-state index in [0.29, 0.717) is 17.8 Å². The average Bonchev–Trinajstić information content (AvgIpc) is 2.80. The molecule has 1 saturated heterocycles.